The molecule has 17 heavy (non-hydrogen) atoms. The van der Waals surface area contributed by atoms with Crippen LogP contribution in [0.25, 0.3) is 0 Å². The Kier molecular flexibility index (Phi) is 4.10. The van der Waals surface area contributed by atoms with E-state index in [1.165, 1.54) is 0 Å². The highest BCUT2D eigenvalue weighted by Crippen LogP contribution is 2.33. The lowest BCUT2D eigenvalue weighted by Crippen LogP contribution is -2.33. The molecule has 0 amide bonds. The number of halogens is 1. The predicted octanol–water partition coefficient (Wildman–Crippen LogP) is 1.54. The van der Waals surface area contributed by atoms with Gasteiger partial charge >= 0.3 is 0 Å². The fourth-order valence-electron chi connectivity index (χ4n) is 2.04. The molecule has 1 fully saturated rings. The van der Waals surface area contributed by atoms with Crippen molar-refractivity contribution >= 4 is 12.4 Å². The van der Waals surface area contributed by atoms with E-state index < -0.39 is 0 Å². The molecular weight excluding hydrogens is 242 g/mol. The Morgan fingerprint density at radius 1 is 1.06 bits per heavy atom. The SMILES string of the molecule is Cl.c1cc2c(cc1C1CNCCO1)OCCO2. The van der Waals surface area contributed by atoms with Gasteiger partial charge in [0.1, 0.15) is 13.2 Å². The fraction of sp³-hybridized carbons (Fsp3) is 0.500. The van der Waals surface area contributed by atoms with Gasteiger partial charge in [0.2, 0.25) is 0 Å². The van der Waals surface area contributed by atoms with E-state index in [1.54, 1.807) is 0 Å². The molecule has 1 N–H and O–H groups in total. The Labute approximate surface area is 107 Å². The maximum Gasteiger partial charge on any atom is 0.161 e. The number of fused-ring (bicyclic) bond motifs is 1. The average Bonchev–Trinajstić information content (AvgIpc) is 2.39. The highest BCUT2D eigenvalue weighted by Gasteiger charge is 2.19. The van der Waals surface area contributed by atoms with Gasteiger partial charge in [-0.25, -0.2) is 0 Å². The minimum atomic E-state index is 0. The third-order valence-corrected chi connectivity index (χ3v) is 2.87. The Morgan fingerprint density at radius 3 is 2.65 bits per heavy atom. The normalized spacial score (nSPS) is 22.7. The highest BCUT2D eigenvalue weighted by molar-refractivity contribution is 5.85. The summed E-state index contributed by atoms with van der Waals surface area (Å²) < 4.78 is 16.7. The number of hydrogen-bond donors (Lipinski definition) is 1. The van der Waals surface area contributed by atoms with Crippen LogP contribution < -0.4 is 14.8 Å². The molecule has 0 radical (unpaired) electrons. The van der Waals surface area contributed by atoms with Gasteiger partial charge in [-0.2, -0.15) is 0 Å². The lowest BCUT2D eigenvalue weighted by Gasteiger charge is -2.25. The van der Waals surface area contributed by atoms with E-state index >= 15 is 0 Å². The van der Waals surface area contributed by atoms with Crippen molar-refractivity contribution in [1.82, 2.24) is 5.32 Å². The molecule has 1 aromatic carbocycles. The van der Waals surface area contributed by atoms with E-state index in [-0.39, 0.29) is 18.5 Å². The lowest BCUT2D eigenvalue weighted by atomic mass is 10.1. The summed E-state index contributed by atoms with van der Waals surface area (Å²) in [4.78, 5) is 0. The molecule has 0 bridgehead atoms. The van der Waals surface area contributed by atoms with Crippen molar-refractivity contribution in [2.75, 3.05) is 32.9 Å². The number of morpholine rings is 1. The third kappa shape index (κ3) is 2.65. The molecule has 2 aliphatic rings. The summed E-state index contributed by atoms with van der Waals surface area (Å²) in [6.45, 7) is 3.81. The van der Waals surface area contributed by atoms with Gasteiger partial charge in [0, 0.05) is 13.1 Å². The quantitative estimate of drug-likeness (QED) is 0.829. The number of nitrogens with one attached hydrogen (secondary N) is 1. The molecule has 4 nitrogen and oxygen atoms in total. The number of hydrogen-bond acceptors (Lipinski definition) is 4. The largest absolute Gasteiger partial charge is 0.486 e. The second-order valence-corrected chi connectivity index (χ2v) is 3.97. The molecular formula is C12H16ClNO3. The molecule has 3 rings (SSSR count). The summed E-state index contributed by atoms with van der Waals surface area (Å²) in [5, 5.41) is 3.32. The predicted molar refractivity (Wildman–Crippen MR) is 66.2 cm³/mol. The zero-order valence-electron chi connectivity index (χ0n) is 9.48. The molecule has 2 heterocycles. The van der Waals surface area contributed by atoms with Crippen LogP contribution in [0.1, 0.15) is 11.7 Å². The van der Waals surface area contributed by atoms with E-state index in [1.807, 2.05) is 18.2 Å². The van der Waals surface area contributed by atoms with Crippen molar-refractivity contribution in [3.8, 4) is 11.5 Å². The van der Waals surface area contributed by atoms with Crippen LogP contribution in [0.4, 0.5) is 0 Å². The van der Waals surface area contributed by atoms with Crippen LogP contribution in [0.2, 0.25) is 0 Å². The topological polar surface area (TPSA) is 39.7 Å². The number of rotatable bonds is 1. The monoisotopic (exact) mass is 257 g/mol. The first-order chi connectivity index (χ1) is 7.93. The van der Waals surface area contributed by atoms with E-state index in [0.717, 1.165) is 36.8 Å². The molecule has 0 aromatic heterocycles. The minimum absolute atomic E-state index is 0. The summed E-state index contributed by atoms with van der Waals surface area (Å²) in [6, 6.07) is 6.03. The van der Waals surface area contributed by atoms with Gasteiger partial charge in [0.15, 0.2) is 11.5 Å². The van der Waals surface area contributed by atoms with Crippen LogP contribution in [0, 0.1) is 0 Å². The van der Waals surface area contributed by atoms with Crippen molar-refractivity contribution in [2.24, 2.45) is 0 Å². The summed E-state index contributed by atoms with van der Waals surface area (Å²) >= 11 is 0. The molecule has 1 saturated heterocycles. The van der Waals surface area contributed by atoms with Gasteiger partial charge in [-0.15, -0.1) is 12.4 Å². The molecule has 1 atom stereocenters. The summed E-state index contributed by atoms with van der Waals surface area (Å²) in [5.41, 5.74) is 1.15. The van der Waals surface area contributed by atoms with Crippen LogP contribution in [0.5, 0.6) is 11.5 Å². The molecule has 0 saturated carbocycles. The second kappa shape index (κ2) is 5.58. The van der Waals surface area contributed by atoms with E-state index in [9.17, 15) is 0 Å². The number of benzene rings is 1. The zero-order valence-corrected chi connectivity index (χ0v) is 10.3. The zero-order chi connectivity index (χ0) is 10.8. The molecule has 5 heteroatoms. The standard InChI is InChI=1S/C12H15NO3.ClH/c1-2-10-11(16-6-5-15-10)7-9(1)12-8-13-3-4-14-12;/h1-2,7,12-13H,3-6,8H2;1H. The van der Waals surface area contributed by atoms with Crippen molar-refractivity contribution in [2.45, 2.75) is 6.10 Å². The maximum atomic E-state index is 5.70. The van der Waals surface area contributed by atoms with Crippen molar-refractivity contribution in [1.29, 1.82) is 0 Å². The molecule has 1 unspecified atom stereocenters. The first-order valence-corrected chi connectivity index (χ1v) is 5.65. The van der Waals surface area contributed by atoms with E-state index in [4.69, 9.17) is 14.2 Å². The first-order valence-electron chi connectivity index (χ1n) is 5.65. The van der Waals surface area contributed by atoms with Gasteiger partial charge in [-0.05, 0) is 17.7 Å². The number of ether oxygens (including phenoxy) is 3. The van der Waals surface area contributed by atoms with Crippen molar-refractivity contribution < 1.29 is 14.2 Å². The van der Waals surface area contributed by atoms with Crippen molar-refractivity contribution in [3.05, 3.63) is 23.8 Å². The summed E-state index contributed by atoms with van der Waals surface area (Å²) in [6.07, 6.45) is 0.129. The minimum Gasteiger partial charge on any atom is -0.486 e. The van der Waals surface area contributed by atoms with Gasteiger partial charge in [-0.1, -0.05) is 6.07 Å². The second-order valence-electron chi connectivity index (χ2n) is 3.97. The Hall–Kier alpha value is -0.970. The molecule has 0 aliphatic carbocycles. The third-order valence-electron chi connectivity index (χ3n) is 2.87. The highest BCUT2D eigenvalue weighted by atomic mass is 35.5. The van der Waals surface area contributed by atoms with Gasteiger partial charge in [0.25, 0.3) is 0 Å². The summed E-state index contributed by atoms with van der Waals surface area (Å²) in [5.74, 6) is 1.66. The van der Waals surface area contributed by atoms with Crippen LogP contribution in [0.3, 0.4) is 0 Å². The van der Waals surface area contributed by atoms with Crippen LogP contribution in [0.15, 0.2) is 18.2 Å². The Balaban J connectivity index is 0.00000108. The Morgan fingerprint density at radius 2 is 1.88 bits per heavy atom. The van der Waals surface area contributed by atoms with E-state index in [0.29, 0.717) is 13.2 Å². The maximum absolute atomic E-state index is 5.70. The molecule has 94 valence electrons. The van der Waals surface area contributed by atoms with Crippen LogP contribution >= 0.6 is 12.4 Å². The Bertz CT molecular complexity index is 380. The summed E-state index contributed by atoms with van der Waals surface area (Å²) in [7, 11) is 0. The van der Waals surface area contributed by atoms with Gasteiger partial charge in [-0.3, -0.25) is 0 Å². The van der Waals surface area contributed by atoms with E-state index in [2.05, 4.69) is 5.32 Å². The molecule has 2 aliphatic heterocycles. The molecule has 1 aromatic rings. The lowest BCUT2D eigenvalue weighted by molar-refractivity contribution is 0.0273. The van der Waals surface area contributed by atoms with Crippen molar-refractivity contribution in [3.63, 3.8) is 0 Å². The van der Waals surface area contributed by atoms with Crippen LogP contribution in [-0.4, -0.2) is 32.9 Å². The smallest absolute Gasteiger partial charge is 0.161 e. The average molecular weight is 258 g/mol. The van der Waals surface area contributed by atoms with Crippen LogP contribution in [-0.2, 0) is 4.74 Å². The first kappa shape index (κ1) is 12.5. The fourth-order valence-corrected chi connectivity index (χ4v) is 2.04. The van der Waals surface area contributed by atoms with Gasteiger partial charge in [0.05, 0.1) is 12.7 Å². The molecule has 0 spiro atoms. The van der Waals surface area contributed by atoms with Gasteiger partial charge < -0.3 is 19.5 Å².